The molecule has 0 aliphatic rings. The molecule has 0 aromatic heterocycles. The van der Waals surface area contributed by atoms with E-state index in [1.807, 2.05) is 0 Å². The number of phosphoric ester groups is 2. The summed E-state index contributed by atoms with van der Waals surface area (Å²) in [5, 5.41) is 20.6. The molecule has 0 aliphatic carbocycles. The van der Waals surface area contributed by atoms with Gasteiger partial charge in [-0.25, -0.2) is 9.13 Å². The lowest BCUT2D eigenvalue weighted by molar-refractivity contribution is -0.161. The molecule has 0 rings (SSSR count). The number of esters is 3. The first-order valence-corrected chi connectivity index (χ1v) is 41.2. The Hall–Kier alpha value is -3.01. The number of aliphatic hydroxyl groups excluding tert-OH is 2. The molecule has 0 radical (unpaired) electrons. The van der Waals surface area contributed by atoms with E-state index in [9.17, 15) is 43.5 Å². The van der Waals surface area contributed by atoms with Gasteiger partial charge in [0.2, 0.25) is 0 Å². The Morgan fingerprint density at radius 2 is 0.558 bits per heavy atom. The molecule has 0 saturated heterocycles. The van der Waals surface area contributed by atoms with Gasteiger partial charge >= 0.3 is 33.6 Å². The molecule has 5 unspecified atom stereocenters. The second-order valence-electron chi connectivity index (χ2n) is 25.8. The molecule has 16 nitrogen and oxygen atoms in total. The Bertz CT molecular complexity index is 2020. The lowest BCUT2D eigenvalue weighted by Gasteiger charge is -2.21. The van der Waals surface area contributed by atoms with E-state index in [4.69, 9.17) is 32.3 Å². The highest BCUT2D eigenvalue weighted by Gasteiger charge is 2.29. The molecule has 0 heterocycles. The fraction of sp³-hybridized carbons (Fsp3) is 0.805. The van der Waals surface area contributed by atoms with Crippen molar-refractivity contribution in [2.24, 2.45) is 0 Å². The SMILES string of the molecule is CC/C=C\C/C=C\C/C=C\C/C=C\C/C=C\C/C=C\CCCCCCCCCCCCCCC(=O)OCC(O)COP(=O)(O)OCC(O)COP(=O)(O)OCC(COC(=O)CCCCCCCCCCCCCCCCC)OC(=O)CCCCCCCCCCCCCCC. The number of carbonyl (C=O) groups is 3. The van der Waals surface area contributed by atoms with Crippen molar-refractivity contribution in [3.63, 3.8) is 0 Å². The van der Waals surface area contributed by atoms with Crippen molar-refractivity contribution in [2.75, 3.05) is 39.6 Å². The molecule has 0 aliphatic heterocycles. The Morgan fingerprint density at radius 1 is 0.305 bits per heavy atom. The van der Waals surface area contributed by atoms with E-state index < -0.39 is 91.5 Å². The van der Waals surface area contributed by atoms with Gasteiger partial charge in [0.15, 0.2) is 6.10 Å². The fourth-order valence-electron chi connectivity index (χ4n) is 10.6. The number of aliphatic hydroxyl groups is 2. The molecular formula is C77H140O16P2. The van der Waals surface area contributed by atoms with E-state index in [0.717, 1.165) is 109 Å². The zero-order chi connectivity index (χ0) is 69.5. The largest absolute Gasteiger partial charge is 0.472 e. The maximum absolute atomic E-state index is 12.9. The number of hydrogen-bond donors (Lipinski definition) is 4. The van der Waals surface area contributed by atoms with Crippen molar-refractivity contribution < 1.29 is 75.8 Å². The normalized spacial score (nSPS) is 14.5. The van der Waals surface area contributed by atoms with E-state index in [1.54, 1.807) is 0 Å². The number of carbonyl (C=O) groups excluding carboxylic acids is 3. The maximum atomic E-state index is 12.9. The summed E-state index contributed by atoms with van der Waals surface area (Å²) in [6.07, 6.45) is 76.7. The monoisotopic (exact) mass is 1380 g/mol. The fourth-order valence-corrected chi connectivity index (χ4v) is 12.2. The van der Waals surface area contributed by atoms with Crippen molar-refractivity contribution in [1.29, 1.82) is 0 Å². The van der Waals surface area contributed by atoms with Gasteiger partial charge in [-0.1, -0.05) is 325 Å². The minimum absolute atomic E-state index is 0.113. The molecule has 0 bridgehead atoms. The highest BCUT2D eigenvalue weighted by molar-refractivity contribution is 7.47. The van der Waals surface area contributed by atoms with Gasteiger partial charge < -0.3 is 34.2 Å². The van der Waals surface area contributed by atoms with E-state index in [0.29, 0.717) is 19.3 Å². The van der Waals surface area contributed by atoms with Gasteiger partial charge in [0, 0.05) is 19.3 Å². The van der Waals surface area contributed by atoms with Crippen LogP contribution in [0.25, 0.3) is 0 Å². The lowest BCUT2D eigenvalue weighted by Crippen LogP contribution is -2.30. The van der Waals surface area contributed by atoms with Crippen LogP contribution in [0.1, 0.15) is 342 Å². The molecule has 0 aromatic rings. The second-order valence-corrected chi connectivity index (χ2v) is 28.7. The summed E-state index contributed by atoms with van der Waals surface area (Å²) in [5.41, 5.74) is 0. The Kier molecular flexibility index (Phi) is 68.6. The zero-order valence-corrected chi connectivity index (χ0v) is 62.1. The van der Waals surface area contributed by atoms with Gasteiger partial charge in [0.25, 0.3) is 0 Å². The summed E-state index contributed by atoms with van der Waals surface area (Å²) in [4.78, 5) is 58.5. The van der Waals surface area contributed by atoms with Crippen LogP contribution in [0.4, 0.5) is 0 Å². The molecule has 554 valence electrons. The molecule has 0 amide bonds. The summed E-state index contributed by atoms with van der Waals surface area (Å²) < 4.78 is 61.0. The predicted molar refractivity (Wildman–Crippen MR) is 390 cm³/mol. The standard InChI is InChI=1S/C77H140O16P2/c1-4-7-10-13-16-19-22-25-27-28-29-30-31-32-33-34-35-36-37-38-39-40-41-42-44-47-48-51-54-57-60-63-75(80)87-66-72(78)67-89-94(83,84)90-68-73(79)69-91-95(85,86)92-71-74(93-77(82)65-62-59-56-53-50-45-24-21-18-15-12-9-6-3)70-88-76(81)64-61-58-55-52-49-46-43-26-23-20-17-14-11-8-5-2/h7,10,16,19,25,27,29-30,32-33,35-36,72-74,78-79H,4-6,8-9,11-15,17-18,20-24,26,28,31,34,37-71H2,1-3H3,(H,83,84)(H,85,86)/b10-7-,19-16-,27-25-,30-29-,33-32-,36-35-. The third-order valence-electron chi connectivity index (χ3n) is 16.4. The summed E-state index contributed by atoms with van der Waals surface area (Å²) in [5.74, 6) is -1.55. The van der Waals surface area contributed by atoms with Crippen LogP contribution >= 0.6 is 15.6 Å². The lowest BCUT2D eigenvalue weighted by atomic mass is 10.0. The quantitative estimate of drug-likeness (QED) is 0.0146. The number of ether oxygens (including phenoxy) is 3. The van der Waals surface area contributed by atoms with Gasteiger partial charge in [0.05, 0.1) is 26.4 Å². The van der Waals surface area contributed by atoms with Gasteiger partial charge in [-0.2, -0.15) is 0 Å². The van der Waals surface area contributed by atoms with Crippen molar-refractivity contribution >= 4 is 33.6 Å². The minimum atomic E-state index is -4.91. The Balaban J connectivity index is 4.39. The van der Waals surface area contributed by atoms with Crippen molar-refractivity contribution in [3.8, 4) is 0 Å². The van der Waals surface area contributed by atoms with E-state index in [-0.39, 0.29) is 19.3 Å². The van der Waals surface area contributed by atoms with Crippen molar-refractivity contribution in [3.05, 3.63) is 72.9 Å². The topological polar surface area (TPSA) is 231 Å². The van der Waals surface area contributed by atoms with E-state index in [2.05, 4.69) is 93.7 Å². The first kappa shape index (κ1) is 92.0. The smallest absolute Gasteiger partial charge is 0.463 e. The van der Waals surface area contributed by atoms with Crippen LogP contribution < -0.4 is 0 Å². The number of unbranched alkanes of at least 4 members (excludes halogenated alkanes) is 38. The molecule has 0 spiro atoms. The number of rotatable bonds is 73. The van der Waals surface area contributed by atoms with Crippen LogP contribution in [-0.2, 0) is 55.8 Å². The highest BCUT2D eigenvalue weighted by atomic mass is 31.2. The van der Waals surface area contributed by atoms with Crippen LogP contribution in [0.3, 0.4) is 0 Å². The Labute approximate surface area is 579 Å². The van der Waals surface area contributed by atoms with Crippen LogP contribution in [0, 0.1) is 0 Å². The summed E-state index contributed by atoms with van der Waals surface area (Å²) in [6.45, 7) is 2.62. The molecule has 0 aromatic carbocycles. The van der Waals surface area contributed by atoms with Crippen molar-refractivity contribution in [2.45, 2.75) is 360 Å². The first-order valence-electron chi connectivity index (χ1n) is 38.2. The number of allylic oxidation sites excluding steroid dienone is 12. The van der Waals surface area contributed by atoms with Crippen LogP contribution in [-0.4, -0.2) is 95.9 Å². The maximum Gasteiger partial charge on any atom is 0.472 e. The average Bonchev–Trinajstić information content (AvgIpc) is 1.75. The van der Waals surface area contributed by atoms with Gasteiger partial charge in [0.1, 0.15) is 25.4 Å². The third-order valence-corrected chi connectivity index (χ3v) is 18.3. The Morgan fingerprint density at radius 3 is 0.884 bits per heavy atom. The first-order chi connectivity index (χ1) is 46.2. The molecule has 0 fully saturated rings. The van der Waals surface area contributed by atoms with Gasteiger partial charge in [-0.15, -0.1) is 0 Å². The van der Waals surface area contributed by atoms with E-state index in [1.165, 1.54) is 173 Å². The molecule has 95 heavy (non-hydrogen) atoms. The minimum Gasteiger partial charge on any atom is -0.463 e. The molecular weight excluding hydrogens is 1240 g/mol. The number of phosphoric acid groups is 2. The van der Waals surface area contributed by atoms with Gasteiger partial charge in [-0.05, 0) is 70.6 Å². The second kappa shape index (κ2) is 70.8. The molecule has 5 atom stereocenters. The summed E-state index contributed by atoms with van der Waals surface area (Å²) >= 11 is 0. The summed E-state index contributed by atoms with van der Waals surface area (Å²) in [7, 11) is -9.76. The average molecular weight is 1380 g/mol. The van der Waals surface area contributed by atoms with Crippen LogP contribution in [0.5, 0.6) is 0 Å². The zero-order valence-electron chi connectivity index (χ0n) is 60.3. The van der Waals surface area contributed by atoms with Gasteiger partial charge in [-0.3, -0.25) is 32.5 Å². The van der Waals surface area contributed by atoms with Crippen molar-refractivity contribution in [1.82, 2.24) is 0 Å². The molecule has 18 heteroatoms. The summed E-state index contributed by atoms with van der Waals surface area (Å²) in [6, 6.07) is 0. The third kappa shape index (κ3) is 72.1. The molecule has 0 saturated carbocycles. The van der Waals surface area contributed by atoms with Crippen LogP contribution in [0.2, 0.25) is 0 Å². The van der Waals surface area contributed by atoms with Crippen LogP contribution in [0.15, 0.2) is 72.9 Å². The highest BCUT2D eigenvalue weighted by Crippen LogP contribution is 2.45. The number of hydrogen-bond acceptors (Lipinski definition) is 14. The van der Waals surface area contributed by atoms with E-state index >= 15 is 0 Å². The predicted octanol–water partition coefficient (Wildman–Crippen LogP) is 21.9. The molecule has 4 N–H and O–H groups in total.